The van der Waals surface area contributed by atoms with Crippen LogP contribution in [-0.2, 0) is 27.3 Å². The number of esters is 1. The third kappa shape index (κ3) is 5.11. The monoisotopic (exact) mass is 403 g/mol. The lowest BCUT2D eigenvalue weighted by molar-refractivity contribution is -0.149. The minimum absolute atomic E-state index is 0.0587. The molecule has 0 aliphatic carbocycles. The first-order chi connectivity index (χ1) is 14.5. The minimum Gasteiger partial charge on any atom is -0.507 e. The number of aliphatic hydroxyl groups is 1. The van der Waals surface area contributed by atoms with Gasteiger partial charge in [-0.2, -0.15) is 0 Å². The van der Waals surface area contributed by atoms with E-state index < -0.39 is 23.1 Å². The Hall–Kier alpha value is -3.93. The van der Waals surface area contributed by atoms with Gasteiger partial charge in [0, 0.05) is 12.3 Å². The average Bonchev–Trinajstić information content (AvgIpc) is 2.76. The topological polar surface area (TPSA) is 85.6 Å². The van der Waals surface area contributed by atoms with Crippen molar-refractivity contribution in [3.63, 3.8) is 0 Å². The first kappa shape index (κ1) is 20.8. The van der Waals surface area contributed by atoms with Crippen molar-refractivity contribution in [2.45, 2.75) is 13.0 Å². The second-order valence-electron chi connectivity index (χ2n) is 6.73. The third-order valence-corrected chi connectivity index (χ3v) is 4.52. The molecule has 0 atom stereocenters. The number of carbonyl (C=O) groups is 2. The highest BCUT2D eigenvalue weighted by Crippen LogP contribution is 2.15. The lowest BCUT2D eigenvalue weighted by atomic mass is 10.0. The molecule has 152 valence electrons. The van der Waals surface area contributed by atoms with Crippen LogP contribution in [0.2, 0.25) is 0 Å². The van der Waals surface area contributed by atoms with Gasteiger partial charge in [-0.3, -0.25) is 9.59 Å². The number of pyridine rings is 1. The standard InChI is InChI=1S/C24H21NO5/c1-30-24(29)22(27)14-21(26)20-13-19(12-17-8-4-2-5-9-17)16-25(23(20)28)15-18-10-6-3-7-11-18/h2-11,13-14,16,26H,12,15H2,1H3/b21-14-. The first-order valence-electron chi connectivity index (χ1n) is 9.32. The quantitative estimate of drug-likeness (QED) is 0.284. The SMILES string of the molecule is COC(=O)C(=O)/C=C(\O)c1cc(Cc2ccccc2)cn(Cc2ccccc2)c1=O. The van der Waals surface area contributed by atoms with Crippen LogP contribution in [0.1, 0.15) is 22.3 Å². The summed E-state index contributed by atoms with van der Waals surface area (Å²) in [6, 6.07) is 20.6. The van der Waals surface area contributed by atoms with E-state index in [2.05, 4.69) is 4.74 Å². The van der Waals surface area contributed by atoms with Crippen LogP contribution in [0.5, 0.6) is 0 Å². The van der Waals surface area contributed by atoms with Crippen LogP contribution >= 0.6 is 0 Å². The second kappa shape index (κ2) is 9.52. The van der Waals surface area contributed by atoms with E-state index in [9.17, 15) is 19.5 Å². The third-order valence-electron chi connectivity index (χ3n) is 4.52. The number of nitrogens with zero attached hydrogens (tertiary/aromatic N) is 1. The Bertz CT molecular complexity index is 1130. The number of aromatic nitrogens is 1. The number of ketones is 1. The van der Waals surface area contributed by atoms with Crippen LogP contribution in [0.4, 0.5) is 0 Å². The summed E-state index contributed by atoms with van der Waals surface area (Å²) in [5.41, 5.74) is 2.19. The van der Waals surface area contributed by atoms with Gasteiger partial charge >= 0.3 is 5.97 Å². The van der Waals surface area contributed by atoms with Crippen LogP contribution < -0.4 is 5.56 Å². The van der Waals surface area contributed by atoms with Gasteiger partial charge < -0.3 is 14.4 Å². The summed E-state index contributed by atoms with van der Waals surface area (Å²) < 4.78 is 5.84. The number of ether oxygens (including phenoxy) is 1. The van der Waals surface area contributed by atoms with Crippen LogP contribution in [0.15, 0.2) is 83.8 Å². The maximum Gasteiger partial charge on any atom is 0.378 e. The lowest BCUT2D eigenvalue weighted by Gasteiger charge is -2.12. The molecule has 2 aromatic carbocycles. The highest BCUT2D eigenvalue weighted by Gasteiger charge is 2.16. The van der Waals surface area contributed by atoms with E-state index in [4.69, 9.17) is 0 Å². The Labute approximate surface area is 173 Å². The molecule has 0 radical (unpaired) electrons. The van der Waals surface area contributed by atoms with Gasteiger partial charge in [0.25, 0.3) is 11.3 Å². The highest BCUT2D eigenvalue weighted by molar-refractivity contribution is 6.39. The zero-order valence-corrected chi connectivity index (χ0v) is 16.4. The van der Waals surface area contributed by atoms with Crippen molar-refractivity contribution in [3.05, 3.63) is 112 Å². The average molecular weight is 403 g/mol. The number of carbonyl (C=O) groups excluding carboxylic acids is 2. The molecule has 6 heteroatoms. The Morgan fingerprint density at radius 2 is 1.57 bits per heavy atom. The summed E-state index contributed by atoms with van der Waals surface area (Å²) in [7, 11) is 1.07. The van der Waals surface area contributed by atoms with Crippen LogP contribution in [0, 0.1) is 0 Å². The molecule has 1 heterocycles. The molecule has 6 nitrogen and oxygen atoms in total. The Balaban J connectivity index is 2.05. The molecule has 1 N–H and O–H groups in total. The fourth-order valence-corrected chi connectivity index (χ4v) is 3.07. The predicted octanol–water partition coefficient (Wildman–Crippen LogP) is 3.13. The normalized spacial score (nSPS) is 11.2. The van der Waals surface area contributed by atoms with Crippen molar-refractivity contribution in [3.8, 4) is 0 Å². The number of hydrogen-bond donors (Lipinski definition) is 1. The molecule has 1 aromatic heterocycles. The fourth-order valence-electron chi connectivity index (χ4n) is 3.07. The van der Waals surface area contributed by atoms with Gasteiger partial charge in [-0.05, 0) is 29.2 Å². The minimum atomic E-state index is -1.12. The zero-order chi connectivity index (χ0) is 21.5. The first-order valence-corrected chi connectivity index (χ1v) is 9.32. The number of benzene rings is 2. The van der Waals surface area contributed by atoms with Gasteiger partial charge in [-0.1, -0.05) is 60.7 Å². The Morgan fingerprint density at radius 1 is 0.967 bits per heavy atom. The lowest BCUT2D eigenvalue weighted by Crippen LogP contribution is -2.25. The molecule has 0 aliphatic rings. The zero-order valence-electron chi connectivity index (χ0n) is 16.4. The van der Waals surface area contributed by atoms with Crippen LogP contribution in [-0.4, -0.2) is 28.5 Å². The number of hydrogen-bond acceptors (Lipinski definition) is 5. The molecule has 0 unspecified atom stereocenters. The maximum absolute atomic E-state index is 13.0. The summed E-state index contributed by atoms with van der Waals surface area (Å²) >= 11 is 0. The summed E-state index contributed by atoms with van der Waals surface area (Å²) in [6.45, 7) is 0.299. The molecule has 0 aliphatic heterocycles. The molecule has 0 bridgehead atoms. The van der Waals surface area contributed by atoms with Crippen LogP contribution in [0.25, 0.3) is 5.76 Å². The van der Waals surface area contributed by atoms with E-state index in [1.54, 1.807) is 6.20 Å². The maximum atomic E-state index is 13.0. The molecular formula is C24H21NO5. The second-order valence-corrected chi connectivity index (χ2v) is 6.73. The van der Waals surface area contributed by atoms with Gasteiger partial charge in [0.1, 0.15) is 5.76 Å². The fraction of sp³-hybridized carbons (Fsp3) is 0.125. The molecule has 0 saturated heterocycles. The summed E-state index contributed by atoms with van der Waals surface area (Å²) in [6.07, 6.45) is 2.98. The molecule has 30 heavy (non-hydrogen) atoms. The van der Waals surface area contributed by atoms with Crippen LogP contribution in [0.3, 0.4) is 0 Å². The van der Waals surface area contributed by atoms with Gasteiger partial charge in [0.15, 0.2) is 0 Å². The smallest absolute Gasteiger partial charge is 0.378 e. The Morgan fingerprint density at radius 3 is 2.17 bits per heavy atom. The van der Waals surface area contributed by atoms with Crippen molar-refractivity contribution in [2.75, 3.05) is 7.11 Å². The van der Waals surface area contributed by atoms with Crippen molar-refractivity contribution in [2.24, 2.45) is 0 Å². The van der Waals surface area contributed by atoms with E-state index in [1.165, 1.54) is 10.6 Å². The Kier molecular flexibility index (Phi) is 6.60. The van der Waals surface area contributed by atoms with E-state index in [1.807, 2.05) is 60.7 Å². The van der Waals surface area contributed by atoms with Gasteiger partial charge in [-0.15, -0.1) is 0 Å². The largest absolute Gasteiger partial charge is 0.507 e. The predicted molar refractivity (Wildman–Crippen MR) is 113 cm³/mol. The van der Waals surface area contributed by atoms with Crippen molar-refractivity contribution < 1.29 is 19.4 Å². The van der Waals surface area contributed by atoms with Crippen molar-refractivity contribution in [1.29, 1.82) is 0 Å². The van der Waals surface area contributed by atoms with E-state index in [0.717, 1.165) is 23.8 Å². The number of aliphatic hydroxyl groups excluding tert-OH is 1. The highest BCUT2D eigenvalue weighted by atomic mass is 16.5. The van der Waals surface area contributed by atoms with E-state index in [0.29, 0.717) is 19.0 Å². The molecule has 0 spiro atoms. The van der Waals surface area contributed by atoms with E-state index >= 15 is 0 Å². The molecule has 0 fully saturated rings. The summed E-state index contributed by atoms with van der Waals surface area (Å²) in [5.74, 6) is -2.74. The molecule has 3 aromatic rings. The number of methoxy groups -OCH3 is 1. The summed E-state index contributed by atoms with van der Waals surface area (Å²) in [4.78, 5) is 36.1. The van der Waals surface area contributed by atoms with Crippen molar-refractivity contribution in [1.82, 2.24) is 4.57 Å². The summed E-state index contributed by atoms with van der Waals surface area (Å²) in [5, 5.41) is 10.4. The van der Waals surface area contributed by atoms with Crippen molar-refractivity contribution >= 4 is 17.5 Å². The number of rotatable bonds is 7. The molecule has 0 amide bonds. The van der Waals surface area contributed by atoms with Gasteiger partial charge in [-0.25, -0.2) is 4.79 Å². The van der Waals surface area contributed by atoms with Gasteiger partial charge in [0.2, 0.25) is 0 Å². The molecule has 3 rings (SSSR count). The molecular weight excluding hydrogens is 382 g/mol. The van der Waals surface area contributed by atoms with E-state index in [-0.39, 0.29) is 5.56 Å². The van der Waals surface area contributed by atoms with Gasteiger partial charge in [0.05, 0.1) is 19.2 Å². The molecule has 0 saturated carbocycles.